The van der Waals surface area contributed by atoms with Gasteiger partial charge >= 0.3 is 0 Å². The number of carbonyl (C=O) groups excluding carboxylic acids is 1. The second-order valence-electron chi connectivity index (χ2n) is 10.4. The van der Waals surface area contributed by atoms with Crippen molar-refractivity contribution in [1.82, 2.24) is 0 Å². The van der Waals surface area contributed by atoms with E-state index in [1.54, 1.807) is 86.6 Å². The Labute approximate surface area is 258 Å². The molecule has 4 aromatic carbocycles. The molecule has 0 saturated heterocycles. The predicted molar refractivity (Wildman–Crippen MR) is 168 cm³/mol. The van der Waals surface area contributed by atoms with Crippen molar-refractivity contribution in [2.75, 3.05) is 0 Å². The summed E-state index contributed by atoms with van der Waals surface area (Å²) in [6.07, 6.45) is -0.595. The molecule has 42 heavy (non-hydrogen) atoms. The number of Topliss-reactive ketones (excluding diaryl/α,β-unsaturated/α-hetero) is 1. The fraction of sp³-hybridized carbons (Fsp3) is 0.242. The predicted octanol–water partition coefficient (Wildman–Crippen LogP) is 7.26. The standard InChI is InChI=1S/C33H32Cl2O5S2/c1-25-13-17-29(18-14-25)41(37,38)32(34,23-21-27-9-5-3-6-10-27)31(36)33(35,24-22-28-11-7-4-8-12-28)42(39,40)30-19-15-26(2)16-20-30/h3-20H,21-24H2,1-2H3. The molecule has 0 N–H and O–H groups in total. The van der Waals surface area contributed by atoms with Crippen molar-refractivity contribution in [3.8, 4) is 0 Å². The Hall–Kier alpha value is -2.97. The number of alkyl halides is 2. The number of sulfone groups is 2. The highest BCUT2D eigenvalue weighted by Gasteiger charge is 2.61. The van der Waals surface area contributed by atoms with E-state index in [2.05, 4.69) is 0 Å². The minimum Gasteiger partial charge on any atom is -0.293 e. The number of aryl methyl sites for hydroxylation is 4. The summed E-state index contributed by atoms with van der Waals surface area (Å²) in [4.78, 5) is 14.3. The first-order valence-electron chi connectivity index (χ1n) is 13.4. The van der Waals surface area contributed by atoms with E-state index in [1.807, 2.05) is 12.1 Å². The quantitative estimate of drug-likeness (QED) is 0.152. The number of ketones is 1. The SMILES string of the molecule is Cc1ccc(S(=O)(=O)C(Cl)(CCc2ccccc2)C(=O)C(Cl)(CCc2ccccc2)S(=O)(=O)c2ccc(C)cc2)cc1. The highest BCUT2D eigenvalue weighted by atomic mass is 35.5. The lowest BCUT2D eigenvalue weighted by molar-refractivity contribution is -0.120. The number of hydrogen-bond acceptors (Lipinski definition) is 5. The molecule has 4 rings (SSSR count). The molecule has 0 saturated carbocycles. The van der Waals surface area contributed by atoms with Crippen LogP contribution in [-0.4, -0.2) is 31.0 Å². The molecule has 0 amide bonds. The first kappa shape index (κ1) is 32.0. The van der Waals surface area contributed by atoms with Crippen LogP contribution in [0.15, 0.2) is 119 Å². The van der Waals surface area contributed by atoms with Gasteiger partial charge < -0.3 is 0 Å². The molecule has 0 fully saturated rings. The van der Waals surface area contributed by atoms with Gasteiger partial charge in [0, 0.05) is 0 Å². The second-order valence-corrected chi connectivity index (χ2v) is 16.5. The largest absolute Gasteiger partial charge is 0.293 e. The molecule has 2 atom stereocenters. The van der Waals surface area contributed by atoms with Crippen molar-refractivity contribution < 1.29 is 21.6 Å². The van der Waals surface area contributed by atoms with Crippen molar-refractivity contribution in [2.24, 2.45) is 0 Å². The summed E-state index contributed by atoms with van der Waals surface area (Å²) in [5.74, 6) is -1.29. The van der Waals surface area contributed by atoms with Crippen molar-refractivity contribution in [1.29, 1.82) is 0 Å². The van der Waals surface area contributed by atoms with Crippen LogP contribution in [0.5, 0.6) is 0 Å². The third-order valence-electron chi connectivity index (χ3n) is 7.35. The first-order chi connectivity index (χ1) is 19.8. The Morgan fingerprint density at radius 1 is 0.548 bits per heavy atom. The van der Waals surface area contributed by atoms with E-state index in [-0.39, 0.29) is 22.6 Å². The topological polar surface area (TPSA) is 85.3 Å². The molecule has 4 aromatic rings. The first-order valence-corrected chi connectivity index (χ1v) is 17.2. The van der Waals surface area contributed by atoms with Crippen molar-refractivity contribution in [3.63, 3.8) is 0 Å². The summed E-state index contributed by atoms with van der Waals surface area (Å²) in [5, 5.41) is 0. The maximum atomic E-state index is 14.7. The molecule has 0 heterocycles. The average molecular weight is 644 g/mol. The molecule has 0 aliphatic rings. The van der Waals surface area contributed by atoms with Crippen LogP contribution in [0.3, 0.4) is 0 Å². The molecule has 0 bridgehead atoms. The minimum absolute atomic E-state index is 0.0946. The summed E-state index contributed by atoms with van der Waals surface area (Å²) in [7, 11) is -9.27. The molecule has 0 radical (unpaired) electrons. The summed E-state index contributed by atoms with van der Waals surface area (Å²) in [5.41, 5.74) is 3.09. The van der Waals surface area contributed by atoms with Gasteiger partial charge in [-0.1, -0.05) is 119 Å². The normalized spacial score (nSPS) is 15.0. The Morgan fingerprint density at radius 3 is 1.17 bits per heavy atom. The number of rotatable bonds is 12. The van der Waals surface area contributed by atoms with Gasteiger partial charge in [-0.3, -0.25) is 4.79 Å². The van der Waals surface area contributed by atoms with Crippen LogP contribution in [0.2, 0.25) is 0 Å². The van der Waals surface area contributed by atoms with Gasteiger partial charge in [0.2, 0.25) is 33.9 Å². The van der Waals surface area contributed by atoms with Gasteiger partial charge in [0.05, 0.1) is 9.79 Å². The van der Waals surface area contributed by atoms with Crippen LogP contribution in [0.4, 0.5) is 0 Å². The molecular weight excluding hydrogens is 611 g/mol. The van der Waals surface area contributed by atoms with Crippen LogP contribution in [0.25, 0.3) is 0 Å². The van der Waals surface area contributed by atoms with E-state index in [0.717, 1.165) is 22.3 Å². The van der Waals surface area contributed by atoms with Crippen molar-refractivity contribution in [3.05, 3.63) is 131 Å². The minimum atomic E-state index is -4.64. The summed E-state index contributed by atoms with van der Waals surface area (Å²) >= 11 is 14.0. The van der Waals surface area contributed by atoms with E-state index in [1.165, 1.54) is 24.3 Å². The van der Waals surface area contributed by atoms with Gasteiger partial charge in [-0.2, -0.15) is 0 Å². The third kappa shape index (κ3) is 6.35. The van der Waals surface area contributed by atoms with Gasteiger partial charge in [-0.15, -0.1) is 0 Å². The van der Waals surface area contributed by atoms with Crippen molar-refractivity contribution in [2.45, 2.75) is 57.7 Å². The van der Waals surface area contributed by atoms with E-state index >= 15 is 0 Å². The lowest BCUT2D eigenvalue weighted by Crippen LogP contribution is -2.55. The molecule has 2 unspecified atom stereocenters. The number of carbonyl (C=O) groups is 1. The van der Waals surface area contributed by atoms with E-state index < -0.39 is 46.7 Å². The zero-order valence-corrected chi connectivity index (χ0v) is 26.5. The zero-order valence-electron chi connectivity index (χ0n) is 23.3. The van der Waals surface area contributed by atoms with Gasteiger partial charge in [-0.25, -0.2) is 16.8 Å². The van der Waals surface area contributed by atoms with Crippen LogP contribution in [0.1, 0.15) is 35.1 Å². The smallest absolute Gasteiger partial charge is 0.211 e. The highest BCUT2D eigenvalue weighted by Crippen LogP contribution is 2.45. The van der Waals surface area contributed by atoms with Crippen LogP contribution >= 0.6 is 23.2 Å². The van der Waals surface area contributed by atoms with E-state index in [0.29, 0.717) is 0 Å². The summed E-state index contributed by atoms with van der Waals surface area (Å²) in [6, 6.07) is 29.8. The average Bonchev–Trinajstić information content (AvgIpc) is 2.99. The van der Waals surface area contributed by atoms with Crippen molar-refractivity contribution >= 4 is 48.7 Å². The van der Waals surface area contributed by atoms with E-state index in [4.69, 9.17) is 23.2 Å². The lowest BCUT2D eigenvalue weighted by atomic mass is 10.0. The van der Waals surface area contributed by atoms with Crippen LogP contribution in [0, 0.1) is 13.8 Å². The maximum Gasteiger partial charge on any atom is 0.211 e. The molecule has 0 spiro atoms. The Morgan fingerprint density at radius 2 is 0.857 bits per heavy atom. The number of hydrogen-bond donors (Lipinski definition) is 0. The number of benzene rings is 4. The Balaban J connectivity index is 1.89. The maximum absolute atomic E-state index is 14.7. The second kappa shape index (κ2) is 12.7. The molecule has 9 heteroatoms. The molecule has 0 aliphatic heterocycles. The van der Waals surface area contributed by atoms with Gasteiger partial charge in [0.25, 0.3) is 0 Å². The van der Waals surface area contributed by atoms with E-state index in [9.17, 15) is 21.6 Å². The fourth-order valence-corrected chi connectivity index (χ4v) is 9.31. The zero-order chi connectivity index (χ0) is 30.6. The molecule has 220 valence electrons. The summed E-state index contributed by atoms with van der Waals surface area (Å²) < 4.78 is 51.6. The van der Waals surface area contributed by atoms with Crippen LogP contribution < -0.4 is 0 Å². The molecule has 0 aromatic heterocycles. The third-order valence-corrected chi connectivity index (χ3v) is 13.6. The van der Waals surface area contributed by atoms with Crippen LogP contribution in [-0.2, 0) is 37.3 Å². The number of halogens is 2. The molecule has 5 nitrogen and oxygen atoms in total. The summed E-state index contributed by atoms with van der Waals surface area (Å²) in [6.45, 7) is 3.60. The Bertz CT molecular complexity index is 1610. The molecule has 0 aliphatic carbocycles. The fourth-order valence-electron chi connectivity index (χ4n) is 4.73. The Kier molecular flexibility index (Phi) is 9.68. The van der Waals surface area contributed by atoms with Gasteiger partial charge in [0.15, 0.2) is 0 Å². The lowest BCUT2D eigenvalue weighted by Gasteiger charge is -2.34. The highest BCUT2D eigenvalue weighted by molar-refractivity contribution is 7.97. The van der Waals surface area contributed by atoms with Gasteiger partial charge in [0.1, 0.15) is 0 Å². The molecular formula is C33H32Cl2O5S2. The van der Waals surface area contributed by atoms with Gasteiger partial charge in [-0.05, 0) is 74.9 Å². The monoisotopic (exact) mass is 642 g/mol.